The molecule has 7 nitrogen and oxygen atoms in total. The van der Waals surface area contributed by atoms with Gasteiger partial charge in [0, 0.05) is 18.3 Å². The molecule has 0 fully saturated rings. The van der Waals surface area contributed by atoms with Gasteiger partial charge < -0.3 is 21.3 Å². The highest BCUT2D eigenvalue weighted by atomic mass is 16.4. The van der Waals surface area contributed by atoms with Crippen molar-refractivity contribution in [3.8, 4) is 0 Å². The molecule has 0 saturated heterocycles. The number of carbonyl (C=O) groups is 2. The SMILES string of the molecule is CC(=O)C(N)(Cc1cnc[nH]1)C(=O)O.O. The lowest BCUT2D eigenvalue weighted by molar-refractivity contribution is -0.147. The summed E-state index contributed by atoms with van der Waals surface area (Å²) >= 11 is 0. The average molecular weight is 215 g/mol. The lowest BCUT2D eigenvalue weighted by Crippen LogP contribution is -2.55. The summed E-state index contributed by atoms with van der Waals surface area (Å²) in [7, 11) is 0. The van der Waals surface area contributed by atoms with Crippen LogP contribution >= 0.6 is 0 Å². The van der Waals surface area contributed by atoms with Crippen LogP contribution in [0, 0.1) is 0 Å². The molecule has 0 radical (unpaired) electrons. The Morgan fingerprint density at radius 2 is 2.27 bits per heavy atom. The molecule has 1 atom stereocenters. The highest BCUT2D eigenvalue weighted by Gasteiger charge is 2.39. The molecule has 84 valence electrons. The number of nitrogens with two attached hydrogens (primary N) is 1. The smallest absolute Gasteiger partial charge is 0.331 e. The van der Waals surface area contributed by atoms with Gasteiger partial charge in [0.15, 0.2) is 11.3 Å². The largest absolute Gasteiger partial charge is 0.480 e. The van der Waals surface area contributed by atoms with Crippen LogP contribution in [-0.4, -0.2) is 37.8 Å². The first-order valence-electron chi connectivity index (χ1n) is 3.97. The number of H-pyrrole nitrogens is 1. The van der Waals surface area contributed by atoms with Gasteiger partial charge in [-0.3, -0.25) is 4.79 Å². The van der Waals surface area contributed by atoms with Crippen LogP contribution in [0.1, 0.15) is 12.6 Å². The van der Waals surface area contributed by atoms with Crippen LogP contribution in [0.2, 0.25) is 0 Å². The second-order valence-electron chi connectivity index (χ2n) is 3.09. The molecule has 0 saturated carbocycles. The number of nitrogens with one attached hydrogen (secondary N) is 1. The lowest BCUT2D eigenvalue weighted by Gasteiger charge is -2.20. The Morgan fingerprint density at radius 3 is 2.60 bits per heavy atom. The average Bonchev–Trinajstić information content (AvgIpc) is 2.55. The molecule has 7 heteroatoms. The number of nitrogens with zero attached hydrogens (tertiary/aromatic N) is 1. The van der Waals surface area contributed by atoms with E-state index < -0.39 is 17.3 Å². The monoisotopic (exact) mass is 215 g/mol. The van der Waals surface area contributed by atoms with Crippen molar-refractivity contribution in [3.63, 3.8) is 0 Å². The molecule has 15 heavy (non-hydrogen) atoms. The molecule has 6 N–H and O–H groups in total. The molecule has 1 heterocycles. The molecule has 0 bridgehead atoms. The number of carbonyl (C=O) groups excluding carboxylic acids is 1. The van der Waals surface area contributed by atoms with Crippen molar-refractivity contribution < 1.29 is 20.2 Å². The highest BCUT2D eigenvalue weighted by Crippen LogP contribution is 2.10. The van der Waals surface area contributed by atoms with Gasteiger partial charge >= 0.3 is 5.97 Å². The van der Waals surface area contributed by atoms with E-state index in [9.17, 15) is 9.59 Å². The molecule has 1 unspecified atom stereocenters. The summed E-state index contributed by atoms with van der Waals surface area (Å²) < 4.78 is 0. The number of hydrogen-bond acceptors (Lipinski definition) is 4. The van der Waals surface area contributed by atoms with Crippen molar-refractivity contribution in [2.45, 2.75) is 18.9 Å². The minimum atomic E-state index is -1.87. The van der Waals surface area contributed by atoms with E-state index in [-0.39, 0.29) is 11.9 Å². The van der Waals surface area contributed by atoms with E-state index >= 15 is 0 Å². The van der Waals surface area contributed by atoms with Crippen molar-refractivity contribution >= 4 is 11.8 Å². The van der Waals surface area contributed by atoms with Gasteiger partial charge in [0.1, 0.15) is 0 Å². The second kappa shape index (κ2) is 4.67. The van der Waals surface area contributed by atoms with E-state index in [0.717, 1.165) is 6.92 Å². The normalized spacial score (nSPS) is 13.7. The Labute approximate surface area is 85.6 Å². The minimum absolute atomic E-state index is 0. The standard InChI is InChI=1S/C8H11N3O3.H2O/c1-5(12)8(9,7(13)14)2-6-3-10-4-11-6;/h3-4H,2,9H2,1H3,(H,10,11)(H,13,14);1H2. The molecular weight excluding hydrogens is 202 g/mol. The third-order valence-corrected chi connectivity index (χ3v) is 2.03. The Bertz CT molecular complexity index is 333. The fourth-order valence-corrected chi connectivity index (χ4v) is 1.03. The number of Topliss-reactive ketones (excluding diaryl/α,β-unsaturated/α-hetero) is 1. The number of aliphatic carboxylic acids is 1. The third kappa shape index (κ3) is 2.61. The van der Waals surface area contributed by atoms with Crippen molar-refractivity contribution in [1.82, 2.24) is 9.97 Å². The van der Waals surface area contributed by atoms with Crippen LogP contribution in [-0.2, 0) is 16.0 Å². The maximum Gasteiger partial charge on any atom is 0.331 e. The number of ketones is 1. The number of rotatable bonds is 4. The molecule has 0 aliphatic rings. The predicted molar refractivity (Wildman–Crippen MR) is 51.1 cm³/mol. The van der Waals surface area contributed by atoms with E-state index in [2.05, 4.69) is 9.97 Å². The zero-order valence-electron chi connectivity index (χ0n) is 8.15. The van der Waals surface area contributed by atoms with Crippen LogP contribution in [0.4, 0.5) is 0 Å². The van der Waals surface area contributed by atoms with Gasteiger partial charge in [-0.2, -0.15) is 0 Å². The van der Waals surface area contributed by atoms with Crippen molar-refractivity contribution in [3.05, 3.63) is 18.2 Å². The first-order valence-corrected chi connectivity index (χ1v) is 3.97. The predicted octanol–water partition coefficient (Wildman–Crippen LogP) is -1.50. The van der Waals surface area contributed by atoms with E-state index in [1.54, 1.807) is 0 Å². The van der Waals surface area contributed by atoms with Gasteiger partial charge in [-0.05, 0) is 6.92 Å². The van der Waals surface area contributed by atoms with Crippen LogP contribution in [0.15, 0.2) is 12.5 Å². The summed E-state index contributed by atoms with van der Waals surface area (Å²) in [5, 5.41) is 8.82. The van der Waals surface area contributed by atoms with Crippen LogP contribution in [0.3, 0.4) is 0 Å². The summed E-state index contributed by atoms with van der Waals surface area (Å²) in [6.45, 7) is 1.16. The lowest BCUT2D eigenvalue weighted by atomic mass is 9.91. The zero-order chi connectivity index (χ0) is 10.8. The van der Waals surface area contributed by atoms with Crippen molar-refractivity contribution in [2.75, 3.05) is 0 Å². The van der Waals surface area contributed by atoms with Crippen molar-refractivity contribution in [1.29, 1.82) is 0 Å². The molecule has 0 aliphatic heterocycles. The topological polar surface area (TPSA) is 141 Å². The van der Waals surface area contributed by atoms with Crippen LogP contribution in [0.25, 0.3) is 0 Å². The maximum atomic E-state index is 11.1. The molecule has 0 aliphatic carbocycles. The van der Waals surface area contributed by atoms with Gasteiger partial charge in [-0.15, -0.1) is 0 Å². The first kappa shape index (κ1) is 13.3. The number of aromatic amines is 1. The Hall–Kier alpha value is -1.73. The number of carboxylic acids is 1. The summed E-state index contributed by atoms with van der Waals surface area (Å²) in [6, 6.07) is 0. The van der Waals surface area contributed by atoms with E-state index in [1.165, 1.54) is 12.5 Å². The molecule has 0 spiro atoms. The number of carboxylic acid groups (broad SMARTS) is 1. The van der Waals surface area contributed by atoms with Gasteiger partial charge in [-0.25, -0.2) is 9.78 Å². The van der Waals surface area contributed by atoms with Gasteiger partial charge in [0.2, 0.25) is 0 Å². The number of imidazole rings is 1. The third-order valence-electron chi connectivity index (χ3n) is 2.03. The second-order valence-corrected chi connectivity index (χ2v) is 3.09. The van der Waals surface area contributed by atoms with Crippen LogP contribution < -0.4 is 5.73 Å². The maximum absolute atomic E-state index is 11.1. The highest BCUT2D eigenvalue weighted by molar-refractivity contribution is 6.06. The summed E-state index contributed by atoms with van der Waals surface area (Å²) in [5.41, 5.74) is 4.13. The van der Waals surface area contributed by atoms with E-state index in [4.69, 9.17) is 10.8 Å². The quantitative estimate of drug-likeness (QED) is 0.524. The molecule has 1 aromatic heterocycles. The van der Waals surface area contributed by atoms with E-state index in [0.29, 0.717) is 5.69 Å². The molecule has 1 rings (SSSR count). The summed E-state index contributed by atoms with van der Waals surface area (Å²) in [4.78, 5) is 28.3. The van der Waals surface area contributed by atoms with Crippen molar-refractivity contribution in [2.24, 2.45) is 5.73 Å². The van der Waals surface area contributed by atoms with Gasteiger partial charge in [0.25, 0.3) is 0 Å². The Balaban J connectivity index is 0.00000196. The van der Waals surface area contributed by atoms with Crippen LogP contribution in [0.5, 0.6) is 0 Å². The Kier molecular flexibility index (Phi) is 4.13. The zero-order valence-corrected chi connectivity index (χ0v) is 8.15. The minimum Gasteiger partial charge on any atom is -0.480 e. The van der Waals surface area contributed by atoms with Gasteiger partial charge in [0.05, 0.1) is 6.33 Å². The summed E-state index contributed by atoms with van der Waals surface area (Å²) in [5.74, 6) is -1.92. The fourth-order valence-electron chi connectivity index (χ4n) is 1.03. The van der Waals surface area contributed by atoms with Gasteiger partial charge in [-0.1, -0.05) is 0 Å². The Morgan fingerprint density at radius 1 is 1.67 bits per heavy atom. The molecule has 0 aromatic carbocycles. The summed E-state index contributed by atoms with van der Waals surface area (Å²) in [6.07, 6.45) is 2.75. The fraction of sp³-hybridized carbons (Fsp3) is 0.375. The number of hydrogen-bond donors (Lipinski definition) is 3. The first-order chi connectivity index (χ1) is 6.47. The van der Waals surface area contributed by atoms with E-state index in [1.807, 2.05) is 0 Å². The molecule has 1 aromatic rings. The molecule has 0 amide bonds. The molecular formula is C8H13N3O4. The number of aromatic nitrogens is 2.